The Labute approximate surface area is 105 Å². The van der Waals surface area contributed by atoms with Gasteiger partial charge in [0.05, 0.1) is 6.21 Å². The van der Waals surface area contributed by atoms with Gasteiger partial charge in [-0.3, -0.25) is 0 Å². The van der Waals surface area contributed by atoms with Crippen LogP contribution in [0.3, 0.4) is 0 Å². The van der Waals surface area contributed by atoms with Crippen LogP contribution >= 0.6 is 0 Å². The lowest BCUT2D eigenvalue weighted by Gasteiger charge is -2.18. The molecule has 2 aromatic rings. The molecule has 0 saturated heterocycles. The molecule has 90 valence electrons. The minimum absolute atomic E-state index is 0.786. The number of hydrogen-bond acceptors (Lipinski definition) is 4. The Hall–Kier alpha value is -2.36. The predicted octanol–water partition coefficient (Wildman–Crippen LogP) is 2.58. The second kappa shape index (κ2) is 4.49. The van der Waals surface area contributed by atoms with Gasteiger partial charge in [0.15, 0.2) is 0 Å². The maximum atomic E-state index is 8.46. The van der Waals surface area contributed by atoms with E-state index >= 15 is 0 Å². The van der Waals surface area contributed by atoms with Gasteiger partial charge in [-0.1, -0.05) is 23.4 Å². The molecule has 0 bridgehead atoms. The van der Waals surface area contributed by atoms with Crippen LogP contribution in [0.15, 0.2) is 47.8 Å². The molecule has 0 spiro atoms. The minimum Gasteiger partial charge on any atom is -0.411 e. The molecule has 0 saturated carbocycles. The SMILES string of the molecule is O/N=C\c1ccc(N2CCc3ccccc32)nc1. The molecule has 1 aromatic heterocycles. The summed E-state index contributed by atoms with van der Waals surface area (Å²) < 4.78 is 0. The molecular weight excluding hydrogens is 226 g/mol. The van der Waals surface area contributed by atoms with E-state index in [1.807, 2.05) is 18.2 Å². The van der Waals surface area contributed by atoms with Gasteiger partial charge in [0.1, 0.15) is 5.82 Å². The first-order valence-corrected chi connectivity index (χ1v) is 5.87. The van der Waals surface area contributed by atoms with E-state index < -0.39 is 0 Å². The van der Waals surface area contributed by atoms with Gasteiger partial charge in [-0.15, -0.1) is 0 Å². The Morgan fingerprint density at radius 2 is 2.11 bits per heavy atom. The summed E-state index contributed by atoms with van der Waals surface area (Å²) in [4.78, 5) is 6.61. The zero-order valence-electron chi connectivity index (χ0n) is 9.82. The number of para-hydroxylation sites is 1. The van der Waals surface area contributed by atoms with E-state index in [1.165, 1.54) is 17.5 Å². The molecule has 0 amide bonds. The van der Waals surface area contributed by atoms with Gasteiger partial charge in [-0.05, 0) is 30.2 Å². The molecule has 0 unspecified atom stereocenters. The number of fused-ring (bicyclic) bond motifs is 1. The first-order chi connectivity index (χ1) is 8.88. The standard InChI is InChI=1S/C14H13N3O/c18-16-10-11-5-6-14(15-9-11)17-8-7-12-3-1-2-4-13(12)17/h1-6,9-10,18H,7-8H2/b16-10-. The topological polar surface area (TPSA) is 48.7 Å². The summed E-state index contributed by atoms with van der Waals surface area (Å²) in [5.74, 6) is 0.926. The third kappa shape index (κ3) is 1.82. The van der Waals surface area contributed by atoms with E-state index in [9.17, 15) is 0 Å². The number of oxime groups is 1. The van der Waals surface area contributed by atoms with Crippen LogP contribution in [-0.2, 0) is 6.42 Å². The molecule has 0 fully saturated rings. The largest absolute Gasteiger partial charge is 0.411 e. The molecule has 0 atom stereocenters. The number of nitrogens with zero attached hydrogens (tertiary/aromatic N) is 3. The van der Waals surface area contributed by atoms with Gasteiger partial charge in [-0.2, -0.15) is 0 Å². The lowest BCUT2D eigenvalue weighted by atomic mass is 10.2. The Morgan fingerprint density at radius 3 is 2.89 bits per heavy atom. The normalized spacial score (nSPS) is 14.1. The van der Waals surface area contributed by atoms with Crippen molar-refractivity contribution in [1.29, 1.82) is 0 Å². The Balaban J connectivity index is 1.92. The summed E-state index contributed by atoms with van der Waals surface area (Å²) in [6, 6.07) is 12.2. The van der Waals surface area contributed by atoms with Crippen LogP contribution in [0.25, 0.3) is 0 Å². The number of benzene rings is 1. The van der Waals surface area contributed by atoms with E-state index in [1.54, 1.807) is 6.20 Å². The van der Waals surface area contributed by atoms with Crippen molar-refractivity contribution >= 4 is 17.7 Å². The molecule has 2 heterocycles. The van der Waals surface area contributed by atoms with Gasteiger partial charge in [0, 0.05) is 24.0 Å². The van der Waals surface area contributed by atoms with E-state index in [4.69, 9.17) is 5.21 Å². The Kier molecular flexibility index (Phi) is 2.68. The van der Waals surface area contributed by atoms with Crippen LogP contribution in [0, 0.1) is 0 Å². The van der Waals surface area contributed by atoms with E-state index in [0.717, 1.165) is 24.3 Å². The molecule has 0 aliphatic carbocycles. The number of rotatable bonds is 2. The number of anilines is 2. The second-order valence-corrected chi connectivity index (χ2v) is 4.22. The first kappa shape index (κ1) is 10.8. The van der Waals surface area contributed by atoms with E-state index in [2.05, 4.69) is 33.2 Å². The van der Waals surface area contributed by atoms with Gasteiger partial charge in [0.25, 0.3) is 0 Å². The fourth-order valence-electron chi connectivity index (χ4n) is 2.28. The quantitative estimate of drug-likeness (QED) is 0.498. The fraction of sp³-hybridized carbons (Fsp3) is 0.143. The summed E-state index contributed by atoms with van der Waals surface area (Å²) >= 11 is 0. The molecule has 1 N–H and O–H groups in total. The summed E-state index contributed by atoms with van der Waals surface area (Å²) in [6.07, 6.45) is 4.13. The first-order valence-electron chi connectivity index (χ1n) is 5.87. The van der Waals surface area contributed by atoms with Crippen LogP contribution < -0.4 is 4.90 Å². The van der Waals surface area contributed by atoms with E-state index in [-0.39, 0.29) is 0 Å². The third-order valence-electron chi connectivity index (χ3n) is 3.14. The maximum absolute atomic E-state index is 8.46. The fourth-order valence-corrected chi connectivity index (χ4v) is 2.28. The van der Waals surface area contributed by atoms with Crippen molar-refractivity contribution < 1.29 is 5.21 Å². The van der Waals surface area contributed by atoms with Crippen LogP contribution in [-0.4, -0.2) is 23.0 Å². The molecule has 0 radical (unpaired) electrons. The summed E-state index contributed by atoms with van der Waals surface area (Å²) in [5, 5.41) is 11.5. The van der Waals surface area contributed by atoms with Gasteiger partial charge < -0.3 is 10.1 Å². The van der Waals surface area contributed by atoms with Crippen molar-refractivity contribution in [3.8, 4) is 0 Å². The highest BCUT2D eigenvalue weighted by Crippen LogP contribution is 2.32. The zero-order valence-corrected chi connectivity index (χ0v) is 9.82. The lowest BCUT2D eigenvalue weighted by Crippen LogP contribution is -2.14. The summed E-state index contributed by atoms with van der Waals surface area (Å²) in [7, 11) is 0. The van der Waals surface area contributed by atoms with Crippen molar-refractivity contribution in [1.82, 2.24) is 4.98 Å². The number of hydrogen-bond donors (Lipinski definition) is 1. The molecule has 1 aromatic carbocycles. The van der Waals surface area contributed by atoms with Crippen molar-refractivity contribution in [3.63, 3.8) is 0 Å². The van der Waals surface area contributed by atoms with Crippen molar-refractivity contribution in [2.24, 2.45) is 5.16 Å². The smallest absolute Gasteiger partial charge is 0.132 e. The average molecular weight is 239 g/mol. The molecule has 1 aliphatic heterocycles. The van der Waals surface area contributed by atoms with Crippen molar-refractivity contribution in [3.05, 3.63) is 53.7 Å². The lowest BCUT2D eigenvalue weighted by molar-refractivity contribution is 0.322. The van der Waals surface area contributed by atoms with E-state index in [0.29, 0.717) is 0 Å². The highest BCUT2D eigenvalue weighted by atomic mass is 16.4. The zero-order chi connectivity index (χ0) is 12.4. The van der Waals surface area contributed by atoms with Gasteiger partial charge in [0.2, 0.25) is 0 Å². The number of aromatic nitrogens is 1. The molecule has 4 nitrogen and oxygen atoms in total. The molecular formula is C14H13N3O. The summed E-state index contributed by atoms with van der Waals surface area (Å²) in [6.45, 7) is 0.958. The average Bonchev–Trinajstić information content (AvgIpc) is 2.84. The van der Waals surface area contributed by atoms with Crippen molar-refractivity contribution in [2.45, 2.75) is 6.42 Å². The van der Waals surface area contributed by atoms with Crippen molar-refractivity contribution in [2.75, 3.05) is 11.4 Å². The van der Waals surface area contributed by atoms with Gasteiger partial charge in [-0.25, -0.2) is 4.98 Å². The molecule has 3 rings (SSSR count). The number of pyridine rings is 1. The molecule has 18 heavy (non-hydrogen) atoms. The monoisotopic (exact) mass is 239 g/mol. The Morgan fingerprint density at radius 1 is 1.22 bits per heavy atom. The predicted molar refractivity (Wildman–Crippen MR) is 70.8 cm³/mol. The minimum atomic E-state index is 0.786. The van der Waals surface area contributed by atoms with Crippen LogP contribution in [0.1, 0.15) is 11.1 Å². The third-order valence-corrected chi connectivity index (χ3v) is 3.14. The molecule has 4 heteroatoms. The van der Waals surface area contributed by atoms with Crippen LogP contribution in [0.4, 0.5) is 11.5 Å². The highest BCUT2D eigenvalue weighted by Gasteiger charge is 2.20. The molecule has 1 aliphatic rings. The van der Waals surface area contributed by atoms with Crippen LogP contribution in [0.5, 0.6) is 0 Å². The van der Waals surface area contributed by atoms with Gasteiger partial charge >= 0.3 is 0 Å². The Bertz CT molecular complexity index is 578. The maximum Gasteiger partial charge on any atom is 0.132 e. The van der Waals surface area contributed by atoms with Crippen LogP contribution in [0.2, 0.25) is 0 Å². The second-order valence-electron chi connectivity index (χ2n) is 4.22. The highest BCUT2D eigenvalue weighted by molar-refractivity contribution is 5.79. The summed E-state index contributed by atoms with van der Waals surface area (Å²) in [5.41, 5.74) is 3.38.